The first-order valence-electron chi connectivity index (χ1n) is 9.47. The van der Waals surface area contributed by atoms with Crippen LogP contribution in [-0.2, 0) is 4.74 Å². The minimum atomic E-state index is -0.467. The first-order valence-corrected chi connectivity index (χ1v) is 9.47. The van der Waals surface area contributed by atoms with Crippen LogP contribution in [0.2, 0.25) is 0 Å². The number of rotatable bonds is 2. The number of amides is 1. The van der Waals surface area contributed by atoms with E-state index in [2.05, 4.69) is 11.3 Å². The number of aromatic nitrogens is 2. The molecule has 0 aliphatic carbocycles. The first-order chi connectivity index (χ1) is 12.6. The average Bonchev–Trinajstić information content (AvgIpc) is 3.08. The number of aromatic hydroxyl groups is 1. The van der Waals surface area contributed by atoms with Crippen molar-refractivity contribution in [1.29, 1.82) is 0 Å². The molecule has 1 amide bonds. The van der Waals surface area contributed by atoms with Gasteiger partial charge in [0.25, 0.3) is 0 Å². The van der Waals surface area contributed by atoms with E-state index in [4.69, 9.17) is 4.74 Å². The molecule has 0 spiro atoms. The molecule has 0 saturated carbocycles. The van der Waals surface area contributed by atoms with Gasteiger partial charge in [-0.1, -0.05) is 0 Å². The molecule has 1 fully saturated rings. The molecule has 27 heavy (non-hydrogen) atoms. The maximum atomic E-state index is 12.2. The summed E-state index contributed by atoms with van der Waals surface area (Å²) < 4.78 is 7.46. The Morgan fingerprint density at radius 2 is 1.74 bits per heavy atom. The zero-order chi connectivity index (χ0) is 19.8. The highest BCUT2D eigenvalue weighted by molar-refractivity contribution is 5.68. The lowest BCUT2D eigenvalue weighted by atomic mass is 10.0. The maximum absolute atomic E-state index is 12.2. The lowest BCUT2D eigenvalue weighted by Gasteiger charge is -2.33. The van der Waals surface area contributed by atoms with Crippen molar-refractivity contribution in [2.24, 2.45) is 0 Å². The summed E-state index contributed by atoms with van der Waals surface area (Å²) in [6.45, 7) is 10.8. The van der Waals surface area contributed by atoms with E-state index in [9.17, 15) is 9.90 Å². The smallest absolute Gasteiger partial charge is 0.410 e. The van der Waals surface area contributed by atoms with E-state index >= 15 is 0 Å². The predicted molar refractivity (Wildman–Crippen MR) is 105 cm³/mol. The Hall–Kier alpha value is -2.50. The van der Waals surface area contributed by atoms with E-state index in [1.165, 1.54) is 0 Å². The summed E-state index contributed by atoms with van der Waals surface area (Å²) in [7, 11) is 0. The third-order valence-corrected chi connectivity index (χ3v) is 4.92. The topological polar surface area (TPSA) is 67.6 Å². The number of nitrogens with zero attached hydrogens (tertiary/aromatic N) is 3. The summed E-state index contributed by atoms with van der Waals surface area (Å²) in [5.41, 5.74) is 3.36. The summed E-state index contributed by atoms with van der Waals surface area (Å²) in [5, 5.41) is 14.5. The van der Waals surface area contributed by atoms with E-state index in [0.29, 0.717) is 18.8 Å². The molecule has 3 rings (SSSR count). The van der Waals surface area contributed by atoms with Crippen molar-refractivity contribution in [3.63, 3.8) is 0 Å². The molecular formula is C21H29N3O3. The van der Waals surface area contributed by atoms with E-state index < -0.39 is 5.60 Å². The fourth-order valence-corrected chi connectivity index (χ4v) is 3.45. The molecule has 1 aromatic heterocycles. The number of likely N-dealkylation sites (tertiary alicyclic amines) is 1. The molecule has 1 aromatic carbocycles. The van der Waals surface area contributed by atoms with Crippen molar-refractivity contribution in [2.75, 3.05) is 13.1 Å². The largest absolute Gasteiger partial charge is 0.507 e. The zero-order valence-corrected chi connectivity index (χ0v) is 16.8. The fraction of sp³-hybridized carbons (Fsp3) is 0.524. The molecule has 2 heterocycles. The summed E-state index contributed by atoms with van der Waals surface area (Å²) in [5.74, 6) is 0.348. The second kappa shape index (κ2) is 7.25. The van der Waals surface area contributed by atoms with Gasteiger partial charge in [0.1, 0.15) is 11.4 Å². The molecule has 1 aliphatic heterocycles. The van der Waals surface area contributed by atoms with Crippen LogP contribution in [0.5, 0.6) is 5.75 Å². The number of carbonyl (C=O) groups excluding carboxylic acids is 1. The van der Waals surface area contributed by atoms with Gasteiger partial charge in [-0.05, 0) is 76.3 Å². The highest BCUT2D eigenvalue weighted by Crippen LogP contribution is 2.30. The van der Waals surface area contributed by atoms with Crippen LogP contribution in [0.4, 0.5) is 4.79 Å². The van der Waals surface area contributed by atoms with Gasteiger partial charge in [-0.15, -0.1) is 0 Å². The average molecular weight is 371 g/mol. The van der Waals surface area contributed by atoms with Crippen LogP contribution in [0.1, 0.15) is 50.8 Å². The monoisotopic (exact) mass is 371 g/mol. The number of phenolic OH excluding ortho intramolecular Hbond substituents is 1. The van der Waals surface area contributed by atoms with E-state index in [0.717, 1.165) is 35.1 Å². The second-order valence-corrected chi connectivity index (χ2v) is 8.37. The summed E-state index contributed by atoms with van der Waals surface area (Å²) in [6.07, 6.45) is 5.39. The van der Waals surface area contributed by atoms with Crippen molar-refractivity contribution < 1.29 is 14.6 Å². The van der Waals surface area contributed by atoms with Crippen molar-refractivity contribution >= 4 is 6.09 Å². The van der Waals surface area contributed by atoms with Gasteiger partial charge in [0.15, 0.2) is 0 Å². The molecule has 0 unspecified atom stereocenters. The van der Waals surface area contributed by atoms with Crippen LogP contribution in [-0.4, -0.2) is 44.6 Å². The van der Waals surface area contributed by atoms with Gasteiger partial charge >= 0.3 is 6.09 Å². The number of hydrogen-bond donors (Lipinski definition) is 1. The van der Waals surface area contributed by atoms with Crippen LogP contribution in [0.3, 0.4) is 0 Å². The van der Waals surface area contributed by atoms with Crippen LogP contribution in [0.25, 0.3) is 11.1 Å². The number of aryl methyl sites for hydroxylation is 2. The van der Waals surface area contributed by atoms with Gasteiger partial charge < -0.3 is 14.7 Å². The van der Waals surface area contributed by atoms with E-state index in [1.54, 1.807) is 4.90 Å². The molecule has 1 saturated heterocycles. The molecule has 6 heteroatoms. The molecule has 146 valence electrons. The van der Waals surface area contributed by atoms with Crippen molar-refractivity contribution in [3.05, 3.63) is 35.7 Å². The van der Waals surface area contributed by atoms with Gasteiger partial charge in [-0.25, -0.2) is 4.79 Å². The zero-order valence-electron chi connectivity index (χ0n) is 16.8. The van der Waals surface area contributed by atoms with E-state index in [-0.39, 0.29) is 12.1 Å². The van der Waals surface area contributed by atoms with Crippen LogP contribution in [0, 0.1) is 13.8 Å². The van der Waals surface area contributed by atoms with Gasteiger partial charge in [0.05, 0.1) is 12.2 Å². The third kappa shape index (κ3) is 4.43. The lowest BCUT2D eigenvalue weighted by Crippen LogP contribution is -2.42. The highest BCUT2D eigenvalue weighted by Gasteiger charge is 2.27. The van der Waals surface area contributed by atoms with Crippen LogP contribution in [0.15, 0.2) is 24.5 Å². The third-order valence-electron chi connectivity index (χ3n) is 4.92. The van der Waals surface area contributed by atoms with Gasteiger partial charge in [0.2, 0.25) is 0 Å². The van der Waals surface area contributed by atoms with Crippen LogP contribution < -0.4 is 0 Å². The Morgan fingerprint density at radius 1 is 1.15 bits per heavy atom. The standard InChI is InChI=1S/C21H29N3O3/c1-14-10-16(11-15(2)19(14)25)17-12-22-24(13-17)18-6-8-23(9-7-18)20(26)27-21(3,4)5/h10-13,18,25H,6-9H2,1-5H3. The van der Waals surface area contributed by atoms with Crippen molar-refractivity contribution in [1.82, 2.24) is 14.7 Å². The molecule has 1 N–H and O–H groups in total. The predicted octanol–water partition coefficient (Wildman–Crippen LogP) is 4.44. The Morgan fingerprint density at radius 3 is 2.30 bits per heavy atom. The normalized spacial score (nSPS) is 15.8. The summed E-state index contributed by atoms with van der Waals surface area (Å²) >= 11 is 0. The lowest BCUT2D eigenvalue weighted by molar-refractivity contribution is 0.0185. The number of piperidine rings is 1. The first kappa shape index (κ1) is 19.3. The van der Waals surface area contributed by atoms with Gasteiger partial charge in [0, 0.05) is 24.8 Å². The summed E-state index contributed by atoms with van der Waals surface area (Å²) in [4.78, 5) is 14.0. The SMILES string of the molecule is Cc1cc(-c2cnn(C3CCN(C(=O)OC(C)(C)C)CC3)c2)cc(C)c1O. The number of benzene rings is 1. The highest BCUT2D eigenvalue weighted by atomic mass is 16.6. The van der Waals surface area contributed by atoms with Gasteiger partial charge in [-0.2, -0.15) is 5.10 Å². The molecule has 0 bridgehead atoms. The van der Waals surface area contributed by atoms with Crippen molar-refractivity contribution in [2.45, 2.75) is 59.1 Å². The fourth-order valence-electron chi connectivity index (χ4n) is 3.45. The summed E-state index contributed by atoms with van der Waals surface area (Å²) in [6, 6.07) is 4.24. The number of phenols is 1. The number of ether oxygens (including phenoxy) is 1. The van der Waals surface area contributed by atoms with Crippen LogP contribution >= 0.6 is 0 Å². The van der Waals surface area contributed by atoms with E-state index in [1.807, 2.05) is 57.6 Å². The number of carbonyl (C=O) groups is 1. The molecule has 1 aliphatic rings. The van der Waals surface area contributed by atoms with Gasteiger partial charge in [-0.3, -0.25) is 4.68 Å². The molecule has 2 aromatic rings. The minimum absolute atomic E-state index is 0.239. The Labute approximate surface area is 160 Å². The Bertz CT molecular complexity index is 804. The quantitative estimate of drug-likeness (QED) is 0.847. The molecule has 6 nitrogen and oxygen atoms in total. The molecular weight excluding hydrogens is 342 g/mol. The molecule has 0 atom stereocenters. The number of hydrogen-bond acceptors (Lipinski definition) is 4. The molecule has 0 radical (unpaired) electrons. The minimum Gasteiger partial charge on any atom is -0.507 e. The maximum Gasteiger partial charge on any atom is 0.410 e. The Kier molecular flexibility index (Phi) is 5.18. The Balaban J connectivity index is 1.66. The van der Waals surface area contributed by atoms with Crippen molar-refractivity contribution in [3.8, 4) is 16.9 Å². The second-order valence-electron chi connectivity index (χ2n) is 8.37.